The molecule has 2 rings (SSSR count). The number of aromatic nitrogens is 2. The number of nitrogen functional groups attached to an aromatic ring is 1. The summed E-state index contributed by atoms with van der Waals surface area (Å²) in [6, 6.07) is 5.49. The highest BCUT2D eigenvalue weighted by Crippen LogP contribution is 2.21. The van der Waals surface area contributed by atoms with E-state index in [1.165, 1.54) is 28.9 Å². The van der Waals surface area contributed by atoms with Crippen molar-refractivity contribution in [2.45, 2.75) is 6.73 Å². The summed E-state index contributed by atoms with van der Waals surface area (Å²) >= 11 is 5.62. The molecule has 100 valence electrons. The first kappa shape index (κ1) is 13.3. The lowest BCUT2D eigenvalue weighted by atomic mass is 10.3. The number of ether oxygens (including phenoxy) is 1. The number of benzene rings is 1. The second kappa shape index (κ2) is 5.68. The SMILES string of the molecule is NNC(=O)c1ccn(COc2ccc(F)c(Cl)c2)n1. The zero-order valence-electron chi connectivity index (χ0n) is 9.64. The summed E-state index contributed by atoms with van der Waals surface area (Å²) in [5.74, 6) is 4.36. The van der Waals surface area contributed by atoms with Gasteiger partial charge in [0, 0.05) is 12.3 Å². The largest absolute Gasteiger partial charge is 0.471 e. The highest BCUT2D eigenvalue weighted by atomic mass is 35.5. The Morgan fingerprint density at radius 1 is 1.53 bits per heavy atom. The molecule has 0 atom stereocenters. The molecule has 0 fully saturated rings. The van der Waals surface area contributed by atoms with Gasteiger partial charge in [-0.1, -0.05) is 11.6 Å². The van der Waals surface area contributed by atoms with Gasteiger partial charge in [-0.15, -0.1) is 0 Å². The van der Waals surface area contributed by atoms with Gasteiger partial charge in [-0.2, -0.15) is 5.10 Å². The number of rotatable bonds is 4. The van der Waals surface area contributed by atoms with E-state index in [9.17, 15) is 9.18 Å². The van der Waals surface area contributed by atoms with Crippen molar-refractivity contribution in [3.63, 3.8) is 0 Å². The lowest BCUT2D eigenvalue weighted by Gasteiger charge is -2.06. The number of carbonyl (C=O) groups excluding carboxylic acids is 1. The highest BCUT2D eigenvalue weighted by molar-refractivity contribution is 6.30. The monoisotopic (exact) mass is 284 g/mol. The number of hydrazine groups is 1. The van der Waals surface area contributed by atoms with Crippen LogP contribution in [-0.2, 0) is 6.73 Å². The maximum absolute atomic E-state index is 12.9. The van der Waals surface area contributed by atoms with E-state index in [4.69, 9.17) is 22.2 Å². The van der Waals surface area contributed by atoms with Crippen LogP contribution < -0.4 is 16.0 Å². The third-order valence-corrected chi connectivity index (χ3v) is 2.55. The summed E-state index contributed by atoms with van der Waals surface area (Å²) in [7, 11) is 0. The van der Waals surface area contributed by atoms with Gasteiger partial charge in [0.1, 0.15) is 11.6 Å². The number of nitrogens with one attached hydrogen (secondary N) is 1. The average Bonchev–Trinajstić information content (AvgIpc) is 2.88. The van der Waals surface area contributed by atoms with Gasteiger partial charge in [-0.25, -0.2) is 14.9 Å². The molecule has 0 aliphatic rings. The molecule has 0 aliphatic heterocycles. The fourth-order valence-corrected chi connectivity index (χ4v) is 1.51. The molecular formula is C11H10ClFN4O2. The predicted molar refractivity (Wildman–Crippen MR) is 65.9 cm³/mol. The Morgan fingerprint density at radius 2 is 2.32 bits per heavy atom. The maximum Gasteiger partial charge on any atom is 0.285 e. The topological polar surface area (TPSA) is 82.2 Å². The Labute approximate surface area is 112 Å². The number of nitrogens with zero attached hydrogens (tertiary/aromatic N) is 2. The van der Waals surface area contributed by atoms with E-state index in [0.29, 0.717) is 5.75 Å². The molecular weight excluding hydrogens is 275 g/mol. The van der Waals surface area contributed by atoms with E-state index in [1.807, 2.05) is 5.43 Å². The molecule has 0 spiro atoms. The van der Waals surface area contributed by atoms with Crippen molar-refractivity contribution in [2.24, 2.45) is 5.84 Å². The number of hydrogen-bond donors (Lipinski definition) is 2. The number of amides is 1. The Kier molecular flexibility index (Phi) is 3.98. The summed E-state index contributed by atoms with van der Waals surface area (Å²) in [6.45, 7) is 0.0554. The van der Waals surface area contributed by atoms with Crippen molar-refractivity contribution in [1.29, 1.82) is 0 Å². The van der Waals surface area contributed by atoms with E-state index in [2.05, 4.69) is 5.10 Å². The molecule has 1 heterocycles. The third kappa shape index (κ3) is 3.21. The lowest BCUT2D eigenvalue weighted by Crippen LogP contribution is -2.30. The van der Waals surface area contributed by atoms with Crippen LogP contribution in [0.1, 0.15) is 10.5 Å². The van der Waals surface area contributed by atoms with Gasteiger partial charge < -0.3 is 4.74 Å². The second-order valence-electron chi connectivity index (χ2n) is 3.56. The average molecular weight is 285 g/mol. The third-order valence-electron chi connectivity index (χ3n) is 2.26. The van der Waals surface area contributed by atoms with Crippen LogP contribution in [0.3, 0.4) is 0 Å². The standard InChI is InChI=1S/C11H10ClFN4O2/c12-8-5-7(1-2-9(8)13)19-6-17-4-3-10(16-17)11(18)15-14/h1-5H,6,14H2,(H,15,18). The molecule has 1 aromatic carbocycles. The van der Waals surface area contributed by atoms with Gasteiger partial charge in [0.15, 0.2) is 12.4 Å². The van der Waals surface area contributed by atoms with Crippen molar-refractivity contribution < 1.29 is 13.9 Å². The summed E-state index contributed by atoms with van der Waals surface area (Å²) in [6.07, 6.45) is 1.55. The van der Waals surface area contributed by atoms with E-state index < -0.39 is 11.7 Å². The van der Waals surface area contributed by atoms with E-state index in [0.717, 1.165) is 0 Å². The first-order chi connectivity index (χ1) is 9.10. The summed E-state index contributed by atoms with van der Waals surface area (Å²) < 4.78 is 19.7. The van der Waals surface area contributed by atoms with Crippen LogP contribution in [0.5, 0.6) is 5.75 Å². The summed E-state index contributed by atoms with van der Waals surface area (Å²) in [4.78, 5) is 11.2. The van der Waals surface area contributed by atoms with Gasteiger partial charge in [0.2, 0.25) is 0 Å². The number of halogens is 2. The second-order valence-corrected chi connectivity index (χ2v) is 3.97. The minimum absolute atomic E-state index is 0.0267. The Bertz CT molecular complexity index is 602. The first-order valence-electron chi connectivity index (χ1n) is 5.22. The quantitative estimate of drug-likeness (QED) is 0.504. The van der Waals surface area contributed by atoms with Crippen molar-refractivity contribution in [3.8, 4) is 5.75 Å². The van der Waals surface area contributed by atoms with Crippen LogP contribution >= 0.6 is 11.6 Å². The number of nitrogens with two attached hydrogens (primary N) is 1. The molecule has 0 radical (unpaired) electrons. The fraction of sp³-hybridized carbons (Fsp3) is 0.0909. The molecule has 0 bridgehead atoms. The van der Waals surface area contributed by atoms with Gasteiger partial charge in [-0.05, 0) is 18.2 Å². The van der Waals surface area contributed by atoms with Crippen LogP contribution in [0.2, 0.25) is 5.02 Å². The molecule has 3 N–H and O–H groups in total. The fourth-order valence-electron chi connectivity index (χ4n) is 1.34. The number of carbonyl (C=O) groups is 1. The molecule has 1 amide bonds. The summed E-state index contributed by atoms with van der Waals surface area (Å²) in [5, 5.41) is 3.90. The minimum Gasteiger partial charge on any atom is -0.471 e. The molecule has 2 aromatic rings. The Hall–Kier alpha value is -2.12. The van der Waals surface area contributed by atoms with Crippen LogP contribution in [0.4, 0.5) is 4.39 Å². The van der Waals surface area contributed by atoms with Gasteiger partial charge in [0.05, 0.1) is 5.02 Å². The highest BCUT2D eigenvalue weighted by Gasteiger charge is 2.07. The molecule has 0 saturated carbocycles. The molecule has 19 heavy (non-hydrogen) atoms. The molecule has 6 nitrogen and oxygen atoms in total. The number of hydrogen-bond acceptors (Lipinski definition) is 4. The van der Waals surface area contributed by atoms with Crippen molar-refractivity contribution >= 4 is 17.5 Å². The normalized spacial score (nSPS) is 10.3. The predicted octanol–water partition coefficient (Wildman–Crippen LogP) is 1.32. The van der Waals surface area contributed by atoms with Gasteiger partial charge in [0.25, 0.3) is 5.91 Å². The lowest BCUT2D eigenvalue weighted by molar-refractivity contribution is 0.0946. The smallest absolute Gasteiger partial charge is 0.285 e. The van der Waals surface area contributed by atoms with Gasteiger partial charge in [-0.3, -0.25) is 10.2 Å². The van der Waals surface area contributed by atoms with Crippen LogP contribution in [0.15, 0.2) is 30.5 Å². The minimum atomic E-state index is -0.519. The van der Waals surface area contributed by atoms with Crippen LogP contribution in [0, 0.1) is 5.82 Å². The van der Waals surface area contributed by atoms with E-state index in [-0.39, 0.29) is 17.4 Å². The van der Waals surface area contributed by atoms with E-state index in [1.54, 1.807) is 6.20 Å². The zero-order valence-corrected chi connectivity index (χ0v) is 10.4. The van der Waals surface area contributed by atoms with Gasteiger partial charge >= 0.3 is 0 Å². The van der Waals surface area contributed by atoms with Crippen LogP contribution in [-0.4, -0.2) is 15.7 Å². The van der Waals surface area contributed by atoms with Crippen molar-refractivity contribution in [2.75, 3.05) is 0 Å². The first-order valence-corrected chi connectivity index (χ1v) is 5.60. The van der Waals surface area contributed by atoms with Crippen molar-refractivity contribution in [3.05, 3.63) is 47.0 Å². The van der Waals surface area contributed by atoms with Crippen LogP contribution in [0.25, 0.3) is 0 Å². The molecule has 1 aromatic heterocycles. The Morgan fingerprint density at radius 3 is 3.00 bits per heavy atom. The summed E-state index contributed by atoms with van der Waals surface area (Å²) in [5.41, 5.74) is 2.14. The molecule has 0 unspecified atom stereocenters. The molecule has 8 heteroatoms. The maximum atomic E-state index is 12.9. The van der Waals surface area contributed by atoms with E-state index >= 15 is 0 Å². The molecule has 0 aliphatic carbocycles. The molecule has 0 saturated heterocycles. The van der Waals surface area contributed by atoms with Crippen molar-refractivity contribution in [1.82, 2.24) is 15.2 Å². The Balaban J connectivity index is 2.00. The zero-order chi connectivity index (χ0) is 13.8.